The fraction of sp³-hybridized carbons (Fsp3) is 0.174. The lowest BCUT2D eigenvalue weighted by Gasteiger charge is -2.13. The van der Waals surface area contributed by atoms with Crippen molar-refractivity contribution in [1.29, 1.82) is 0 Å². The molecule has 1 aromatic heterocycles. The number of rotatable bonds is 7. The van der Waals surface area contributed by atoms with Crippen LogP contribution in [-0.2, 0) is 13.2 Å². The fourth-order valence-corrected chi connectivity index (χ4v) is 3.34. The van der Waals surface area contributed by atoms with E-state index in [9.17, 15) is 0 Å². The van der Waals surface area contributed by atoms with Crippen molar-refractivity contribution >= 4 is 22.6 Å². The van der Waals surface area contributed by atoms with Crippen LogP contribution in [0.25, 0.3) is 11.0 Å². The number of aryl methyl sites for hydroxylation is 1. The molecule has 0 aliphatic carbocycles. The van der Waals surface area contributed by atoms with Crippen molar-refractivity contribution in [2.24, 2.45) is 0 Å². The van der Waals surface area contributed by atoms with Crippen LogP contribution in [0.15, 0.2) is 72.8 Å². The SMILES string of the molecule is Cc1ccccc1OCc1nc2ccccc2n1CCOc1ccccc1Cl. The summed E-state index contributed by atoms with van der Waals surface area (Å²) in [6.07, 6.45) is 0. The van der Waals surface area contributed by atoms with Crippen LogP contribution in [0.4, 0.5) is 0 Å². The average Bonchev–Trinajstić information content (AvgIpc) is 3.06. The number of fused-ring (bicyclic) bond motifs is 1. The molecule has 0 fully saturated rings. The summed E-state index contributed by atoms with van der Waals surface area (Å²) in [5.74, 6) is 2.42. The summed E-state index contributed by atoms with van der Waals surface area (Å²) in [5, 5.41) is 0.612. The van der Waals surface area contributed by atoms with Crippen LogP contribution in [0.1, 0.15) is 11.4 Å². The molecule has 1 heterocycles. The third kappa shape index (κ3) is 3.97. The molecule has 0 atom stereocenters. The lowest BCUT2D eigenvalue weighted by molar-refractivity contribution is 0.271. The normalized spacial score (nSPS) is 10.9. The van der Waals surface area contributed by atoms with E-state index in [-0.39, 0.29) is 0 Å². The van der Waals surface area contributed by atoms with Gasteiger partial charge in [0.05, 0.1) is 22.6 Å². The first kappa shape index (κ1) is 18.4. The second-order valence-corrected chi connectivity index (χ2v) is 6.91. The van der Waals surface area contributed by atoms with E-state index in [1.165, 1.54) is 0 Å². The summed E-state index contributed by atoms with van der Waals surface area (Å²) < 4.78 is 14.0. The number of ether oxygens (including phenoxy) is 2. The van der Waals surface area contributed by atoms with Crippen LogP contribution >= 0.6 is 11.6 Å². The first-order valence-corrected chi connectivity index (χ1v) is 9.60. The monoisotopic (exact) mass is 392 g/mol. The van der Waals surface area contributed by atoms with Crippen LogP contribution in [0.5, 0.6) is 11.5 Å². The zero-order valence-electron chi connectivity index (χ0n) is 15.6. The van der Waals surface area contributed by atoms with Crippen molar-refractivity contribution in [3.63, 3.8) is 0 Å². The highest BCUT2D eigenvalue weighted by atomic mass is 35.5. The number of hydrogen-bond acceptors (Lipinski definition) is 3. The van der Waals surface area contributed by atoms with Gasteiger partial charge in [0.15, 0.2) is 0 Å². The number of nitrogens with zero attached hydrogens (tertiary/aromatic N) is 2. The summed E-state index contributed by atoms with van der Waals surface area (Å²) in [7, 11) is 0. The zero-order chi connectivity index (χ0) is 19.3. The third-order valence-corrected chi connectivity index (χ3v) is 4.91. The quantitative estimate of drug-likeness (QED) is 0.407. The Bertz CT molecular complexity index is 1090. The molecule has 28 heavy (non-hydrogen) atoms. The van der Waals surface area contributed by atoms with Crippen molar-refractivity contribution in [2.75, 3.05) is 6.61 Å². The molecule has 0 aliphatic rings. The number of hydrogen-bond donors (Lipinski definition) is 0. The number of para-hydroxylation sites is 4. The molecule has 0 saturated carbocycles. The van der Waals surface area contributed by atoms with E-state index in [2.05, 4.69) is 10.6 Å². The van der Waals surface area contributed by atoms with E-state index in [4.69, 9.17) is 26.1 Å². The van der Waals surface area contributed by atoms with Crippen molar-refractivity contribution < 1.29 is 9.47 Å². The van der Waals surface area contributed by atoms with E-state index in [1.807, 2.05) is 73.7 Å². The highest BCUT2D eigenvalue weighted by molar-refractivity contribution is 6.32. The Hall–Kier alpha value is -2.98. The number of benzene rings is 3. The van der Waals surface area contributed by atoms with Gasteiger partial charge in [0.25, 0.3) is 0 Å². The molecule has 4 aromatic rings. The second-order valence-electron chi connectivity index (χ2n) is 6.50. The molecule has 0 bridgehead atoms. The van der Waals surface area contributed by atoms with Crippen LogP contribution in [-0.4, -0.2) is 16.2 Å². The molecule has 5 heteroatoms. The van der Waals surface area contributed by atoms with E-state index >= 15 is 0 Å². The van der Waals surface area contributed by atoms with Gasteiger partial charge in [-0.3, -0.25) is 0 Å². The third-order valence-electron chi connectivity index (χ3n) is 4.59. The van der Waals surface area contributed by atoms with Crippen LogP contribution in [0.3, 0.4) is 0 Å². The standard InChI is InChI=1S/C23H21ClN2O2/c1-17-8-2-6-12-21(17)28-16-23-25-19-10-4-5-11-20(19)26(23)14-15-27-22-13-7-3-9-18(22)24/h2-13H,14-16H2,1H3. The van der Waals surface area contributed by atoms with Crippen LogP contribution in [0.2, 0.25) is 5.02 Å². The van der Waals surface area contributed by atoms with Gasteiger partial charge in [-0.25, -0.2) is 4.98 Å². The van der Waals surface area contributed by atoms with Gasteiger partial charge in [-0.1, -0.05) is 54.1 Å². The smallest absolute Gasteiger partial charge is 0.148 e. The highest BCUT2D eigenvalue weighted by Crippen LogP contribution is 2.24. The molecule has 0 N–H and O–H groups in total. The fourth-order valence-electron chi connectivity index (χ4n) is 3.15. The maximum absolute atomic E-state index is 6.18. The van der Waals surface area contributed by atoms with Gasteiger partial charge in [-0.15, -0.1) is 0 Å². The number of imidazole rings is 1. The van der Waals surface area contributed by atoms with Gasteiger partial charge in [-0.05, 0) is 42.8 Å². The minimum absolute atomic E-state index is 0.394. The average molecular weight is 393 g/mol. The Morgan fingerprint density at radius 1 is 0.857 bits per heavy atom. The van der Waals surface area contributed by atoms with Gasteiger partial charge >= 0.3 is 0 Å². The Labute approximate surface area is 169 Å². The van der Waals surface area contributed by atoms with Gasteiger partial charge in [0.1, 0.15) is 30.5 Å². The molecule has 0 saturated heterocycles. The van der Waals surface area contributed by atoms with E-state index in [1.54, 1.807) is 0 Å². The maximum atomic E-state index is 6.18. The molecular formula is C23H21ClN2O2. The van der Waals surface area contributed by atoms with Crippen molar-refractivity contribution in [3.8, 4) is 11.5 Å². The second kappa shape index (κ2) is 8.36. The summed E-state index contributed by atoms with van der Waals surface area (Å²) in [6.45, 7) is 3.57. The van der Waals surface area contributed by atoms with Gasteiger partial charge in [0, 0.05) is 0 Å². The molecule has 3 aromatic carbocycles. The Balaban J connectivity index is 1.53. The molecule has 0 radical (unpaired) electrons. The minimum atomic E-state index is 0.394. The Morgan fingerprint density at radius 2 is 1.57 bits per heavy atom. The number of aromatic nitrogens is 2. The lowest BCUT2D eigenvalue weighted by Crippen LogP contribution is -2.13. The predicted molar refractivity (Wildman–Crippen MR) is 112 cm³/mol. The molecule has 0 amide bonds. The van der Waals surface area contributed by atoms with Gasteiger partial charge < -0.3 is 14.0 Å². The summed E-state index contributed by atoms with van der Waals surface area (Å²) in [5.41, 5.74) is 3.12. The van der Waals surface area contributed by atoms with Gasteiger partial charge in [0.2, 0.25) is 0 Å². The van der Waals surface area contributed by atoms with E-state index < -0.39 is 0 Å². The largest absolute Gasteiger partial charge is 0.490 e. The van der Waals surface area contributed by atoms with Gasteiger partial charge in [-0.2, -0.15) is 0 Å². The summed E-state index contributed by atoms with van der Waals surface area (Å²) >= 11 is 6.18. The zero-order valence-corrected chi connectivity index (χ0v) is 16.4. The summed E-state index contributed by atoms with van der Waals surface area (Å²) in [6, 6.07) is 23.6. The Kier molecular flexibility index (Phi) is 5.49. The molecule has 142 valence electrons. The molecular weight excluding hydrogens is 372 g/mol. The lowest BCUT2D eigenvalue weighted by atomic mass is 10.2. The molecule has 0 spiro atoms. The summed E-state index contributed by atoms with van der Waals surface area (Å²) in [4.78, 5) is 4.76. The van der Waals surface area contributed by atoms with Crippen molar-refractivity contribution in [1.82, 2.24) is 9.55 Å². The van der Waals surface area contributed by atoms with Crippen molar-refractivity contribution in [2.45, 2.75) is 20.1 Å². The van der Waals surface area contributed by atoms with E-state index in [0.717, 1.165) is 28.2 Å². The molecule has 4 rings (SSSR count). The first-order chi connectivity index (χ1) is 13.7. The van der Waals surface area contributed by atoms with Crippen LogP contribution < -0.4 is 9.47 Å². The molecule has 0 unspecified atom stereocenters. The van der Waals surface area contributed by atoms with E-state index in [0.29, 0.717) is 30.5 Å². The molecule has 0 aliphatic heterocycles. The van der Waals surface area contributed by atoms with Crippen LogP contribution in [0, 0.1) is 6.92 Å². The Morgan fingerprint density at radius 3 is 2.39 bits per heavy atom. The highest BCUT2D eigenvalue weighted by Gasteiger charge is 2.12. The maximum Gasteiger partial charge on any atom is 0.148 e. The topological polar surface area (TPSA) is 36.3 Å². The molecule has 4 nitrogen and oxygen atoms in total. The first-order valence-electron chi connectivity index (χ1n) is 9.22. The minimum Gasteiger partial charge on any atom is -0.490 e. The number of halogens is 1. The predicted octanol–water partition coefficient (Wildman–Crippen LogP) is 5.66. The van der Waals surface area contributed by atoms with Crippen molar-refractivity contribution in [3.05, 3.63) is 89.2 Å².